The Morgan fingerprint density at radius 3 is 2.25 bits per heavy atom. The summed E-state index contributed by atoms with van der Waals surface area (Å²) >= 11 is 1.59. The van der Waals surface area contributed by atoms with Gasteiger partial charge in [0.1, 0.15) is 5.01 Å². The molecule has 0 aliphatic heterocycles. The molecule has 7 heteroatoms. The summed E-state index contributed by atoms with van der Waals surface area (Å²) < 4.78 is 28.8. The first-order chi connectivity index (χ1) is 13.4. The highest BCUT2D eigenvalue weighted by Crippen LogP contribution is 2.30. The molecule has 0 spiro atoms. The average Bonchev–Trinajstić information content (AvgIpc) is 3.12. The topological polar surface area (TPSA) is 76.1 Å². The average molecular weight is 409 g/mol. The molecule has 0 aliphatic carbocycles. The van der Waals surface area contributed by atoms with E-state index in [4.69, 9.17) is 0 Å². The number of thiazole rings is 1. The fourth-order valence-corrected chi connectivity index (χ4v) is 4.79. The van der Waals surface area contributed by atoms with Crippen molar-refractivity contribution in [2.24, 2.45) is 0 Å². The van der Waals surface area contributed by atoms with Crippen molar-refractivity contribution in [2.75, 3.05) is 4.72 Å². The molecule has 0 radical (unpaired) electrons. The number of carbonyl (C=O) groups excluding carboxylic acids is 1. The Kier molecular flexibility index (Phi) is 4.70. The van der Waals surface area contributed by atoms with Gasteiger partial charge in [-0.1, -0.05) is 24.3 Å². The summed E-state index contributed by atoms with van der Waals surface area (Å²) in [4.78, 5) is 16.0. The molecule has 28 heavy (non-hydrogen) atoms. The second-order valence-electron chi connectivity index (χ2n) is 6.25. The van der Waals surface area contributed by atoms with E-state index in [2.05, 4.69) is 9.71 Å². The minimum Gasteiger partial charge on any atom is -0.295 e. The van der Waals surface area contributed by atoms with Gasteiger partial charge < -0.3 is 0 Å². The van der Waals surface area contributed by atoms with Crippen LogP contribution < -0.4 is 4.72 Å². The summed E-state index contributed by atoms with van der Waals surface area (Å²) in [7, 11) is -3.73. The number of fused-ring (bicyclic) bond motifs is 1. The lowest BCUT2D eigenvalue weighted by atomic mass is 10.2. The number of carbonyl (C=O) groups is 1. The maximum atomic E-state index is 12.5. The Hall–Kier alpha value is -3.03. The molecule has 1 heterocycles. The molecule has 4 aromatic rings. The van der Waals surface area contributed by atoms with Crippen LogP contribution in [0.15, 0.2) is 77.7 Å². The number of para-hydroxylation sites is 1. The largest absolute Gasteiger partial charge is 0.295 e. The molecule has 3 aromatic carbocycles. The molecule has 0 aliphatic rings. The Morgan fingerprint density at radius 1 is 0.929 bits per heavy atom. The van der Waals surface area contributed by atoms with Crippen LogP contribution in [0.3, 0.4) is 0 Å². The van der Waals surface area contributed by atoms with Crippen LogP contribution in [0.2, 0.25) is 0 Å². The molecule has 4 rings (SSSR count). The van der Waals surface area contributed by atoms with E-state index in [-0.39, 0.29) is 10.7 Å². The van der Waals surface area contributed by atoms with Crippen molar-refractivity contribution in [3.8, 4) is 10.6 Å². The zero-order valence-electron chi connectivity index (χ0n) is 14.9. The Labute approximate surface area is 166 Å². The van der Waals surface area contributed by atoms with Crippen molar-refractivity contribution >= 4 is 43.0 Å². The van der Waals surface area contributed by atoms with Gasteiger partial charge in [0.15, 0.2) is 5.78 Å². The van der Waals surface area contributed by atoms with Gasteiger partial charge in [-0.3, -0.25) is 9.52 Å². The highest BCUT2D eigenvalue weighted by molar-refractivity contribution is 7.92. The van der Waals surface area contributed by atoms with E-state index in [9.17, 15) is 13.2 Å². The number of hydrogen-bond donors (Lipinski definition) is 1. The smallest absolute Gasteiger partial charge is 0.261 e. The molecule has 140 valence electrons. The van der Waals surface area contributed by atoms with Gasteiger partial charge in [0.2, 0.25) is 0 Å². The van der Waals surface area contributed by atoms with Crippen molar-refractivity contribution in [3.63, 3.8) is 0 Å². The third-order valence-corrected chi connectivity index (χ3v) is 6.73. The molecule has 0 saturated heterocycles. The van der Waals surface area contributed by atoms with Crippen LogP contribution in [0.5, 0.6) is 0 Å². The molecule has 0 amide bonds. The van der Waals surface area contributed by atoms with E-state index in [1.54, 1.807) is 23.5 Å². The van der Waals surface area contributed by atoms with Gasteiger partial charge in [-0.2, -0.15) is 0 Å². The number of aromatic nitrogens is 1. The number of Topliss-reactive ketones (excluding diaryl/α,β-unsaturated/α-hetero) is 1. The van der Waals surface area contributed by atoms with E-state index in [1.807, 2.05) is 36.4 Å². The monoisotopic (exact) mass is 408 g/mol. The van der Waals surface area contributed by atoms with Crippen LogP contribution in [0.1, 0.15) is 17.3 Å². The van der Waals surface area contributed by atoms with E-state index < -0.39 is 10.0 Å². The second kappa shape index (κ2) is 7.18. The van der Waals surface area contributed by atoms with Gasteiger partial charge in [0.05, 0.1) is 15.1 Å². The molecule has 0 atom stereocenters. The van der Waals surface area contributed by atoms with Crippen LogP contribution in [-0.4, -0.2) is 19.2 Å². The molecule has 0 bridgehead atoms. The van der Waals surface area contributed by atoms with Gasteiger partial charge in [-0.05, 0) is 55.5 Å². The maximum Gasteiger partial charge on any atom is 0.261 e. The van der Waals surface area contributed by atoms with Crippen LogP contribution in [0, 0.1) is 0 Å². The van der Waals surface area contributed by atoms with Crippen LogP contribution in [0.25, 0.3) is 20.8 Å². The fraction of sp³-hybridized carbons (Fsp3) is 0.0476. The normalized spacial score (nSPS) is 11.5. The molecule has 1 aromatic heterocycles. The molecule has 5 nitrogen and oxygen atoms in total. The van der Waals surface area contributed by atoms with Crippen LogP contribution in [-0.2, 0) is 10.0 Å². The molecular weight excluding hydrogens is 392 g/mol. The predicted octanol–water partition coefficient (Wildman–Crippen LogP) is 4.97. The van der Waals surface area contributed by atoms with Crippen molar-refractivity contribution in [1.82, 2.24) is 4.98 Å². The molecule has 0 unspecified atom stereocenters. The Morgan fingerprint density at radius 2 is 1.61 bits per heavy atom. The Bertz CT molecular complexity index is 1230. The standard InChI is InChI=1S/C21H16N2O3S2/c1-14(24)15-8-12-18(13-9-15)28(25,26)23-17-10-6-16(7-11-17)21-22-19-4-2-3-5-20(19)27-21/h2-13,23H,1H3. The summed E-state index contributed by atoms with van der Waals surface area (Å²) in [6.45, 7) is 1.44. The zero-order valence-corrected chi connectivity index (χ0v) is 16.5. The van der Waals surface area contributed by atoms with Crippen molar-refractivity contribution in [3.05, 3.63) is 78.4 Å². The fourth-order valence-electron chi connectivity index (χ4n) is 2.76. The number of anilines is 1. The lowest BCUT2D eigenvalue weighted by Crippen LogP contribution is -2.13. The summed E-state index contributed by atoms with van der Waals surface area (Å²) in [5, 5.41) is 0.885. The summed E-state index contributed by atoms with van der Waals surface area (Å²) in [5.74, 6) is -0.109. The van der Waals surface area contributed by atoms with Crippen molar-refractivity contribution < 1.29 is 13.2 Å². The highest BCUT2D eigenvalue weighted by Gasteiger charge is 2.15. The lowest BCUT2D eigenvalue weighted by Gasteiger charge is -2.09. The van der Waals surface area contributed by atoms with Crippen LogP contribution in [0.4, 0.5) is 5.69 Å². The highest BCUT2D eigenvalue weighted by atomic mass is 32.2. The molecule has 0 fully saturated rings. The number of benzene rings is 3. The first-order valence-electron chi connectivity index (χ1n) is 8.52. The van der Waals surface area contributed by atoms with Gasteiger partial charge >= 0.3 is 0 Å². The number of ketones is 1. The summed E-state index contributed by atoms with van der Waals surface area (Å²) in [6.07, 6.45) is 0. The summed E-state index contributed by atoms with van der Waals surface area (Å²) in [6, 6.07) is 20.9. The zero-order chi connectivity index (χ0) is 19.7. The molecule has 0 saturated carbocycles. The molecular formula is C21H16N2O3S2. The van der Waals surface area contributed by atoms with E-state index >= 15 is 0 Å². The maximum absolute atomic E-state index is 12.5. The quantitative estimate of drug-likeness (QED) is 0.473. The number of rotatable bonds is 5. The van der Waals surface area contributed by atoms with E-state index in [1.165, 1.54) is 31.2 Å². The second-order valence-corrected chi connectivity index (χ2v) is 8.96. The van der Waals surface area contributed by atoms with E-state index in [0.717, 1.165) is 20.8 Å². The van der Waals surface area contributed by atoms with E-state index in [0.29, 0.717) is 11.3 Å². The number of sulfonamides is 1. The van der Waals surface area contributed by atoms with Crippen molar-refractivity contribution in [2.45, 2.75) is 11.8 Å². The minimum absolute atomic E-state index is 0.104. The third kappa shape index (κ3) is 3.67. The van der Waals surface area contributed by atoms with Crippen LogP contribution >= 0.6 is 11.3 Å². The SMILES string of the molecule is CC(=O)c1ccc(S(=O)(=O)Nc2ccc(-c3nc4ccccc4s3)cc2)cc1. The minimum atomic E-state index is -3.73. The first-order valence-corrected chi connectivity index (χ1v) is 10.8. The molecule has 1 N–H and O–H groups in total. The van der Waals surface area contributed by atoms with Gasteiger partial charge in [0.25, 0.3) is 10.0 Å². The number of nitrogens with zero attached hydrogens (tertiary/aromatic N) is 1. The number of nitrogens with one attached hydrogen (secondary N) is 1. The van der Waals surface area contributed by atoms with Crippen molar-refractivity contribution in [1.29, 1.82) is 0 Å². The van der Waals surface area contributed by atoms with Gasteiger partial charge in [-0.25, -0.2) is 13.4 Å². The predicted molar refractivity (Wildman–Crippen MR) is 112 cm³/mol. The summed E-state index contributed by atoms with van der Waals surface area (Å²) in [5.41, 5.74) is 2.80. The third-order valence-electron chi connectivity index (χ3n) is 4.25. The lowest BCUT2D eigenvalue weighted by molar-refractivity contribution is 0.101. The Balaban J connectivity index is 1.55. The van der Waals surface area contributed by atoms with Gasteiger partial charge in [-0.15, -0.1) is 11.3 Å². The first kappa shape index (κ1) is 18.3. The van der Waals surface area contributed by atoms with Gasteiger partial charge in [0, 0.05) is 16.8 Å². The number of hydrogen-bond acceptors (Lipinski definition) is 5.